The van der Waals surface area contributed by atoms with Crippen molar-refractivity contribution >= 4 is 0 Å². The van der Waals surface area contributed by atoms with Crippen molar-refractivity contribution in [2.24, 2.45) is 0 Å². The van der Waals surface area contributed by atoms with Gasteiger partial charge in [0, 0.05) is 32.7 Å². The molecule has 2 saturated heterocycles. The third-order valence-electron chi connectivity index (χ3n) is 2.72. The lowest BCUT2D eigenvalue weighted by molar-refractivity contribution is 0.0119. The number of likely N-dealkylation sites (N-methyl/N-ethyl adjacent to an activating group) is 1. The Balaban J connectivity index is 1.88. The van der Waals surface area contributed by atoms with Crippen molar-refractivity contribution in [3.8, 4) is 0 Å². The molecule has 0 bridgehead atoms. The van der Waals surface area contributed by atoms with Gasteiger partial charge in [-0.25, -0.2) is 0 Å². The van der Waals surface area contributed by atoms with Crippen LogP contribution in [0.5, 0.6) is 0 Å². The van der Waals surface area contributed by atoms with Crippen LogP contribution in [0.1, 0.15) is 0 Å². The first-order valence-electron chi connectivity index (χ1n) is 4.98. The van der Waals surface area contributed by atoms with Crippen LogP contribution in [0.15, 0.2) is 0 Å². The molecule has 0 aliphatic carbocycles. The lowest BCUT2D eigenvalue weighted by atomic mass is 10.2. The van der Waals surface area contributed by atoms with E-state index in [1.54, 1.807) is 0 Å². The zero-order valence-corrected chi connectivity index (χ0v) is 8.25. The van der Waals surface area contributed by atoms with Crippen molar-refractivity contribution in [3.63, 3.8) is 0 Å². The topological polar surface area (TPSA) is 27.7 Å². The molecular weight excluding hydrogens is 166 g/mol. The van der Waals surface area contributed by atoms with Gasteiger partial charge in [-0.1, -0.05) is 0 Å². The second-order valence-electron chi connectivity index (χ2n) is 3.61. The first-order chi connectivity index (χ1) is 6.38. The van der Waals surface area contributed by atoms with E-state index in [2.05, 4.69) is 22.2 Å². The van der Waals surface area contributed by atoms with Gasteiger partial charge in [-0.05, 0) is 7.05 Å². The summed E-state index contributed by atoms with van der Waals surface area (Å²) in [6.45, 7) is 7.06. The van der Waals surface area contributed by atoms with Crippen LogP contribution in [0.25, 0.3) is 0 Å². The summed E-state index contributed by atoms with van der Waals surface area (Å²) >= 11 is 0. The Morgan fingerprint density at radius 2 is 2.00 bits per heavy atom. The third kappa shape index (κ3) is 2.20. The highest BCUT2D eigenvalue weighted by atomic mass is 16.5. The molecule has 2 fully saturated rings. The van der Waals surface area contributed by atoms with E-state index in [4.69, 9.17) is 4.74 Å². The Bertz CT molecular complexity index is 159. The van der Waals surface area contributed by atoms with Crippen LogP contribution in [0.4, 0.5) is 0 Å². The Kier molecular flexibility index (Phi) is 3.16. The van der Waals surface area contributed by atoms with Gasteiger partial charge in [0.15, 0.2) is 0 Å². The second kappa shape index (κ2) is 4.37. The van der Waals surface area contributed by atoms with Crippen molar-refractivity contribution < 1.29 is 4.74 Å². The van der Waals surface area contributed by atoms with Gasteiger partial charge in [-0.2, -0.15) is 0 Å². The van der Waals surface area contributed by atoms with E-state index in [9.17, 15) is 0 Å². The number of morpholine rings is 1. The molecule has 2 aliphatic heterocycles. The standard InChI is InChI=1S/C9H18N3O/c1-11-3-2-10-8-9(11)12-4-6-13-7-5-12/h10H,2-8H2,1H3. The highest BCUT2D eigenvalue weighted by Gasteiger charge is 2.27. The Morgan fingerprint density at radius 1 is 1.23 bits per heavy atom. The average molecular weight is 184 g/mol. The van der Waals surface area contributed by atoms with Gasteiger partial charge < -0.3 is 10.1 Å². The van der Waals surface area contributed by atoms with E-state index in [0.717, 1.165) is 45.9 Å². The average Bonchev–Trinajstić information content (AvgIpc) is 2.20. The molecule has 4 heteroatoms. The van der Waals surface area contributed by atoms with E-state index >= 15 is 0 Å². The van der Waals surface area contributed by atoms with Gasteiger partial charge in [0.25, 0.3) is 0 Å². The fourth-order valence-electron chi connectivity index (χ4n) is 1.89. The van der Waals surface area contributed by atoms with Crippen molar-refractivity contribution in [1.29, 1.82) is 0 Å². The van der Waals surface area contributed by atoms with Gasteiger partial charge in [0.05, 0.1) is 13.2 Å². The SMILES string of the molecule is CN1CCNC[C]1N1CCOCC1. The van der Waals surface area contributed by atoms with Crippen LogP contribution in [0.2, 0.25) is 0 Å². The molecule has 0 amide bonds. The summed E-state index contributed by atoms with van der Waals surface area (Å²) in [6.07, 6.45) is 1.43. The summed E-state index contributed by atoms with van der Waals surface area (Å²) in [5.74, 6) is 0. The molecule has 0 aromatic carbocycles. The number of piperazine rings is 1. The van der Waals surface area contributed by atoms with E-state index < -0.39 is 0 Å². The molecule has 1 radical (unpaired) electrons. The van der Waals surface area contributed by atoms with Crippen LogP contribution < -0.4 is 5.32 Å². The maximum absolute atomic E-state index is 5.33. The molecule has 75 valence electrons. The first kappa shape index (κ1) is 9.40. The van der Waals surface area contributed by atoms with Gasteiger partial charge >= 0.3 is 0 Å². The van der Waals surface area contributed by atoms with Gasteiger partial charge in [0.1, 0.15) is 6.17 Å². The number of ether oxygens (including phenoxy) is 1. The van der Waals surface area contributed by atoms with Gasteiger partial charge in [0.2, 0.25) is 0 Å². The molecule has 0 aromatic rings. The number of rotatable bonds is 1. The minimum absolute atomic E-state index is 0.872. The van der Waals surface area contributed by atoms with Gasteiger partial charge in [-0.15, -0.1) is 0 Å². The summed E-state index contributed by atoms with van der Waals surface area (Å²) in [7, 11) is 2.17. The molecule has 0 spiro atoms. The fraction of sp³-hybridized carbons (Fsp3) is 0.889. The lowest BCUT2D eigenvalue weighted by Gasteiger charge is -2.41. The number of hydrogen-bond acceptors (Lipinski definition) is 4. The lowest BCUT2D eigenvalue weighted by Crippen LogP contribution is -2.54. The van der Waals surface area contributed by atoms with Crippen molar-refractivity contribution in [2.75, 3.05) is 53.0 Å². The van der Waals surface area contributed by atoms with Crippen LogP contribution in [0, 0.1) is 6.17 Å². The third-order valence-corrected chi connectivity index (χ3v) is 2.72. The zero-order valence-electron chi connectivity index (χ0n) is 8.25. The normalized spacial score (nSPS) is 29.3. The van der Waals surface area contributed by atoms with Crippen LogP contribution in [-0.4, -0.2) is 62.8 Å². The fourth-order valence-corrected chi connectivity index (χ4v) is 1.89. The zero-order chi connectivity index (χ0) is 9.10. The molecule has 0 saturated carbocycles. The van der Waals surface area contributed by atoms with E-state index in [-0.39, 0.29) is 0 Å². The molecule has 2 rings (SSSR count). The summed E-state index contributed by atoms with van der Waals surface area (Å²) in [5, 5.41) is 3.40. The second-order valence-corrected chi connectivity index (χ2v) is 3.61. The Labute approximate surface area is 79.8 Å². The minimum atomic E-state index is 0.872. The van der Waals surface area contributed by atoms with Crippen molar-refractivity contribution in [2.45, 2.75) is 0 Å². The summed E-state index contributed by atoms with van der Waals surface area (Å²) in [6, 6.07) is 0. The molecule has 2 heterocycles. The number of nitrogens with zero attached hydrogens (tertiary/aromatic N) is 2. The molecule has 4 nitrogen and oxygen atoms in total. The van der Waals surface area contributed by atoms with Crippen LogP contribution >= 0.6 is 0 Å². The summed E-state index contributed by atoms with van der Waals surface area (Å²) in [5.41, 5.74) is 0. The smallest absolute Gasteiger partial charge is 0.121 e. The molecule has 0 atom stereocenters. The minimum Gasteiger partial charge on any atom is -0.379 e. The van der Waals surface area contributed by atoms with Gasteiger partial charge in [-0.3, -0.25) is 9.80 Å². The molecule has 0 aromatic heterocycles. The van der Waals surface area contributed by atoms with E-state index in [0.29, 0.717) is 0 Å². The maximum atomic E-state index is 5.33. The van der Waals surface area contributed by atoms with E-state index in [1.165, 1.54) is 6.17 Å². The predicted octanol–water partition coefficient (Wildman–Crippen LogP) is -0.657. The van der Waals surface area contributed by atoms with Crippen LogP contribution in [-0.2, 0) is 4.74 Å². The molecule has 0 unspecified atom stereocenters. The van der Waals surface area contributed by atoms with E-state index in [1.807, 2.05) is 0 Å². The van der Waals surface area contributed by atoms with Crippen molar-refractivity contribution in [1.82, 2.24) is 15.1 Å². The van der Waals surface area contributed by atoms with Crippen molar-refractivity contribution in [3.05, 3.63) is 6.17 Å². The molecule has 13 heavy (non-hydrogen) atoms. The highest BCUT2D eigenvalue weighted by Crippen LogP contribution is 2.15. The highest BCUT2D eigenvalue weighted by molar-refractivity contribution is 4.94. The Hall–Kier alpha value is -0.160. The molecular formula is C9H18N3O. The Morgan fingerprint density at radius 3 is 2.69 bits per heavy atom. The number of hydrogen-bond donors (Lipinski definition) is 1. The maximum Gasteiger partial charge on any atom is 0.121 e. The first-order valence-corrected chi connectivity index (χ1v) is 4.98. The van der Waals surface area contributed by atoms with Crippen LogP contribution in [0.3, 0.4) is 0 Å². The largest absolute Gasteiger partial charge is 0.379 e. The predicted molar refractivity (Wildman–Crippen MR) is 51.1 cm³/mol. The molecule has 1 N–H and O–H groups in total. The molecule has 2 aliphatic rings. The summed E-state index contributed by atoms with van der Waals surface area (Å²) in [4.78, 5) is 4.78. The monoisotopic (exact) mass is 184 g/mol. The quantitative estimate of drug-likeness (QED) is 0.586. The summed E-state index contributed by atoms with van der Waals surface area (Å²) < 4.78 is 5.33. The number of nitrogens with one attached hydrogen (secondary N) is 1.